The van der Waals surface area contributed by atoms with Crippen LogP contribution in [0.5, 0.6) is 0 Å². The molecule has 0 aromatic carbocycles. The summed E-state index contributed by atoms with van der Waals surface area (Å²) in [7, 11) is 0. The van der Waals surface area contributed by atoms with Gasteiger partial charge in [0.15, 0.2) is 6.10 Å². The Hall–Kier alpha value is -0.770. The maximum absolute atomic E-state index is 9.61. The van der Waals surface area contributed by atoms with Crippen LogP contribution in [-0.2, 0) is 14.6 Å². The van der Waals surface area contributed by atoms with Crippen LogP contribution in [0.25, 0.3) is 0 Å². The molecular weight excluding hydrogens is 112 g/mol. The maximum Gasteiger partial charge on any atom is 0.550 e. The first-order chi connectivity index (χ1) is 3.79. The minimum atomic E-state index is -1.47. The van der Waals surface area contributed by atoms with Crippen LogP contribution in [0.15, 0.2) is 0 Å². The monoisotopic (exact) mass is 117 g/mol. The van der Waals surface area contributed by atoms with Crippen molar-refractivity contribution in [2.45, 2.75) is 6.10 Å². The third kappa shape index (κ3) is 1.10. The molecule has 0 aromatic heterocycles. The third-order valence-electron chi connectivity index (χ3n) is 0.870. The Kier molecular flexibility index (Phi) is 1.34. The number of hydrogen-bond acceptors (Lipinski definition) is 3. The van der Waals surface area contributed by atoms with Gasteiger partial charge in [-0.1, -0.05) is 0 Å². The van der Waals surface area contributed by atoms with Crippen molar-refractivity contribution in [3.63, 3.8) is 0 Å². The lowest BCUT2D eigenvalue weighted by Crippen LogP contribution is -2.37. The Balaban J connectivity index is 2.09. The summed E-state index contributed by atoms with van der Waals surface area (Å²) < 4.78 is 8.79. The highest BCUT2D eigenvalue weighted by Crippen LogP contribution is 2.04. The fraction of sp³-hybridized carbons (Fsp3) is 0.750. The highest BCUT2D eigenvalue weighted by Gasteiger charge is 2.22. The third-order valence-corrected chi connectivity index (χ3v) is 0.870. The molecule has 0 amide bonds. The minimum absolute atomic E-state index is 0.278. The van der Waals surface area contributed by atoms with E-state index in [1.165, 1.54) is 0 Å². The van der Waals surface area contributed by atoms with Gasteiger partial charge in [0, 0.05) is 0 Å². The average Bonchev–Trinajstić information content (AvgIpc) is 1.55. The smallest absolute Gasteiger partial charge is 0.424 e. The van der Waals surface area contributed by atoms with Gasteiger partial charge in [0.05, 0.1) is 13.2 Å². The molecular formula is C4H5O4. The lowest BCUT2D eigenvalue weighted by atomic mass is 10.3. The molecule has 1 rings (SSSR count). The zero-order valence-electron chi connectivity index (χ0n) is 4.12. The second-order valence-corrected chi connectivity index (χ2v) is 1.53. The quantitative estimate of drug-likeness (QED) is 0.452. The second kappa shape index (κ2) is 2.00. The summed E-state index contributed by atoms with van der Waals surface area (Å²) in [6.45, 7) is 0.738. The normalized spacial score (nSPS) is 19.5. The van der Waals surface area contributed by atoms with Crippen molar-refractivity contribution in [2.24, 2.45) is 0 Å². The van der Waals surface area contributed by atoms with E-state index in [2.05, 4.69) is 9.47 Å². The zero-order chi connectivity index (χ0) is 5.98. The zero-order valence-corrected chi connectivity index (χ0v) is 4.12. The predicted octanol–water partition coefficient (Wildman–Crippen LogP) is -0.0477. The van der Waals surface area contributed by atoms with Gasteiger partial charge in [-0.15, -0.1) is 0 Å². The molecule has 1 heterocycles. The number of hydrogen-bond donors (Lipinski definition) is 0. The fourth-order valence-electron chi connectivity index (χ4n) is 0.418. The van der Waals surface area contributed by atoms with Gasteiger partial charge in [-0.3, -0.25) is 0 Å². The Morgan fingerprint density at radius 2 is 2.25 bits per heavy atom. The van der Waals surface area contributed by atoms with E-state index >= 15 is 0 Å². The predicted molar refractivity (Wildman–Crippen MR) is 21.8 cm³/mol. The second-order valence-electron chi connectivity index (χ2n) is 1.53. The van der Waals surface area contributed by atoms with Gasteiger partial charge in [0.2, 0.25) is 0 Å². The van der Waals surface area contributed by atoms with Crippen LogP contribution in [0.1, 0.15) is 0 Å². The molecule has 0 aliphatic carbocycles. The van der Waals surface area contributed by atoms with Crippen molar-refractivity contribution in [3.8, 4) is 0 Å². The lowest BCUT2D eigenvalue weighted by Gasteiger charge is -2.23. The molecule has 45 valence electrons. The van der Waals surface area contributed by atoms with Crippen molar-refractivity contribution in [3.05, 3.63) is 0 Å². The molecule has 8 heavy (non-hydrogen) atoms. The molecule has 1 saturated heterocycles. The standard InChI is InChI=1S/C4H5O4/c5-4(6)8-3-1-7-2-3/h3H,1-2H2. The summed E-state index contributed by atoms with van der Waals surface area (Å²) in [5, 5.41) is 9.61. The largest absolute Gasteiger partial charge is 0.550 e. The van der Waals surface area contributed by atoms with E-state index < -0.39 is 6.16 Å². The molecule has 1 aliphatic heterocycles. The first-order valence-electron chi connectivity index (χ1n) is 2.24. The molecule has 0 spiro atoms. The SMILES string of the molecule is [O]C(=O)OC1COC1. The van der Waals surface area contributed by atoms with Crippen LogP contribution in [0, 0.1) is 0 Å². The molecule has 0 N–H and O–H groups in total. The number of ether oxygens (including phenoxy) is 2. The van der Waals surface area contributed by atoms with Gasteiger partial charge in [-0.05, 0) is 0 Å². The van der Waals surface area contributed by atoms with Gasteiger partial charge >= 0.3 is 6.16 Å². The molecule has 1 radical (unpaired) electrons. The van der Waals surface area contributed by atoms with Crippen LogP contribution < -0.4 is 0 Å². The lowest BCUT2D eigenvalue weighted by molar-refractivity contribution is -0.113. The molecule has 0 aromatic rings. The van der Waals surface area contributed by atoms with Crippen molar-refractivity contribution in [1.29, 1.82) is 0 Å². The number of carbonyl (C=O) groups excluding carboxylic acids is 1. The van der Waals surface area contributed by atoms with Crippen molar-refractivity contribution >= 4 is 6.16 Å². The molecule has 0 atom stereocenters. The van der Waals surface area contributed by atoms with E-state index in [1.807, 2.05) is 0 Å². The topological polar surface area (TPSA) is 55.4 Å². The molecule has 4 nitrogen and oxygen atoms in total. The molecule has 1 aliphatic rings. The van der Waals surface area contributed by atoms with E-state index in [0.29, 0.717) is 13.2 Å². The van der Waals surface area contributed by atoms with Crippen LogP contribution in [0.3, 0.4) is 0 Å². The van der Waals surface area contributed by atoms with Crippen molar-refractivity contribution < 1.29 is 19.4 Å². The van der Waals surface area contributed by atoms with Crippen molar-refractivity contribution in [2.75, 3.05) is 13.2 Å². The summed E-state index contributed by atoms with van der Waals surface area (Å²) >= 11 is 0. The molecule has 0 bridgehead atoms. The van der Waals surface area contributed by atoms with Gasteiger partial charge < -0.3 is 9.47 Å². The summed E-state index contributed by atoms with van der Waals surface area (Å²) in [5.74, 6) is 0. The minimum Gasteiger partial charge on any atom is -0.424 e. The van der Waals surface area contributed by atoms with Gasteiger partial charge in [-0.25, -0.2) is 0 Å². The maximum atomic E-state index is 9.61. The first-order valence-corrected chi connectivity index (χ1v) is 2.24. The molecule has 0 unspecified atom stereocenters. The number of rotatable bonds is 1. The van der Waals surface area contributed by atoms with E-state index in [9.17, 15) is 9.90 Å². The first kappa shape index (κ1) is 5.37. The van der Waals surface area contributed by atoms with E-state index in [-0.39, 0.29) is 6.10 Å². The average molecular weight is 117 g/mol. The highest BCUT2D eigenvalue weighted by atomic mass is 16.7. The summed E-state index contributed by atoms with van der Waals surface area (Å²) in [6, 6.07) is 0. The van der Waals surface area contributed by atoms with Crippen LogP contribution in [0.4, 0.5) is 4.79 Å². The number of carbonyl (C=O) groups is 1. The van der Waals surface area contributed by atoms with Crippen LogP contribution in [-0.4, -0.2) is 25.5 Å². The van der Waals surface area contributed by atoms with E-state index in [1.54, 1.807) is 0 Å². The van der Waals surface area contributed by atoms with Gasteiger partial charge in [0.25, 0.3) is 0 Å². The van der Waals surface area contributed by atoms with Crippen molar-refractivity contribution in [1.82, 2.24) is 0 Å². The Morgan fingerprint density at radius 3 is 2.38 bits per heavy atom. The van der Waals surface area contributed by atoms with Crippen LogP contribution in [0.2, 0.25) is 0 Å². The van der Waals surface area contributed by atoms with Gasteiger partial charge in [-0.2, -0.15) is 9.90 Å². The van der Waals surface area contributed by atoms with Crippen LogP contribution >= 0.6 is 0 Å². The molecule has 4 heteroatoms. The fourth-order valence-corrected chi connectivity index (χ4v) is 0.418. The summed E-state index contributed by atoms with van der Waals surface area (Å²) in [6.07, 6.45) is -1.75. The molecule has 1 fully saturated rings. The summed E-state index contributed by atoms with van der Waals surface area (Å²) in [4.78, 5) is 9.61. The highest BCUT2D eigenvalue weighted by molar-refractivity contribution is 5.56. The Morgan fingerprint density at radius 1 is 1.62 bits per heavy atom. The Labute approximate surface area is 46.0 Å². The Bertz CT molecular complexity index is 96.2. The van der Waals surface area contributed by atoms with Gasteiger partial charge in [0.1, 0.15) is 0 Å². The van der Waals surface area contributed by atoms with E-state index in [0.717, 1.165) is 0 Å². The summed E-state index contributed by atoms with van der Waals surface area (Å²) in [5.41, 5.74) is 0. The molecule has 0 saturated carbocycles. The van der Waals surface area contributed by atoms with E-state index in [4.69, 9.17) is 0 Å².